The first-order valence-corrected chi connectivity index (χ1v) is 9.54. The van der Waals surface area contributed by atoms with Crippen LogP contribution in [0.15, 0.2) is 59.5 Å². The molecule has 0 aromatic heterocycles. The Balaban J connectivity index is 2.07. The van der Waals surface area contributed by atoms with Gasteiger partial charge in [0, 0.05) is 18.8 Å². The molecule has 3 N–H and O–H groups in total. The van der Waals surface area contributed by atoms with Crippen LogP contribution in [0.2, 0.25) is 0 Å². The second-order valence-corrected chi connectivity index (χ2v) is 7.34. The van der Waals surface area contributed by atoms with Crippen molar-refractivity contribution in [2.24, 2.45) is 5.14 Å². The summed E-state index contributed by atoms with van der Waals surface area (Å²) in [7, 11) is -3.66. The van der Waals surface area contributed by atoms with Gasteiger partial charge in [-0.3, -0.25) is 0 Å². The molecule has 0 amide bonds. The summed E-state index contributed by atoms with van der Waals surface area (Å²) in [6, 6.07) is 16.6. The van der Waals surface area contributed by atoms with Crippen molar-refractivity contribution in [3.8, 4) is 0 Å². The van der Waals surface area contributed by atoms with Crippen molar-refractivity contribution in [2.45, 2.75) is 30.8 Å². The van der Waals surface area contributed by atoms with Crippen LogP contribution in [0, 0.1) is 0 Å². The van der Waals surface area contributed by atoms with Gasteiger partial charge >= 0.3 is 0 Å². The van der Waals surface area contributed by atoms with E-state index in [2.05, 4.69) is 4.90 Å². The Morgan fingerprint density at radius 2 is 1.71 bits per heavy atom. The molecule has 0 saturated heterocycles. The molecule has 0 aliphatic carbocycles. The largest absolute Gasteiger partial charge is 0.391 e. The highest BCUT2D eigenvalue weighted by Gasteiger charge is 2.12. The number of anilines is 1. The van der Waals surface area contributed by atoms with Crippen molar-refractivity contribution in [1.82, 2.24) is 0 Å². The third kappa shape index (κ3) is 5.33. The normalized spacial score (nSPS) is 12.8. The molecule has 24 heavy (non-hydrogen) atoms. The molecule has 2 rings (SSSR count). The summed E-state index contributed by atoms with van der Waals surface area (Å²) in [4.78, 5) is 2.26. The predicted molar refractivity (Wildman–Crippen MR) is 96.5 cm³/mol. The predicted octanol–water partition coefficient (Wildman–Crippen LogP) is 2.15. The highest BCUT2D eigenvalue weighted by atomic mass is 32.2. The number of para-hydroxylation sites is 1. The molecule has 0 fully saturated rings. The molecule has 1 atom stereocenters. The Bertz CT molecular complexity index is 731. The number of benzene rings is 2. The van der Waals surface area contributed by atoms with Crippen LogP contribution in [-0.2, 0) is 16.4 Å². The van der Waals surface area contributed by atoms with E-state index in [9.17, 15) is 13.5 Å². The number of sulfonamides is 1. The molecule has 130 valence electrons. The third-order valence-electron chi connectivity index (χ3n) is 3.95. The number of hydrogen-bond donors (Lipinski definition) is 2. The Morgan fingerprint density at radius 1 is 1.08 bits per heavy atom. The molecule has 0 radical (unpaired) electrons. The summed E-state index contributed by atoms with van der Waals surface area (Å²) >= 11 is 0. The fourth-order valence-corrected chi connectivity index (χ4v) is 2.97. The van der Waals surface area contributed by atoms with Gasteiger partial charge < -0.3 is 10.0 Å². The third-order valence-corrected chi connectivity index (χ3v) is 4.88. The van der Waals surface area contributed by atoms with Gasteiger partial charge in [0.15, 0.2) is 0 Å². The molecule has 0 aliphatic rings. The van der Waals surface area contributed by atoms with Crippen molar-refractivity contribution in [3.63, 3.8) is 0 Å². The summed E-state index contributed by atoms with van der Waals surface area (Å²) in [6.45, 7) is 3.26. The fourth-order valence-electron chi connectivity index (χ4n) is 2.46. The molecular formula is C18H24N2O3S. The first-order valence-electron chi connectivity index (χ1n) is 8.00. The highest BCUT2D eigenvalue weighted by Crippen LogP contribution is 2.16. The lowest BCUT2D eigenvalue weighted by Crippen LogP contribution is -2.33. The lowest BCUT2D eigenvalue weighted by Gasteiger charge is -2.27. The number of hydrogen-bond acceptors (Lipinski definition) is 4. The standard InChI is InChI=1S/C18H24N2O3S/c1-2-17(21)14-20(16-6-4-3-5-7-16)13-12-15-8-10-18(11-9-15)24(19,22)23/h3-11,17,21H,2,12-14H2,1H3,(H2,19,22,23). The van der Waals surface area contributed by atoms with Gasteiger partial charge in [-0.15, -0.1) is 0 Å². The lowest BCUT2D eigenvalue weighted by atomic mass is 10.1. The van der Waals surface area contributed by atoms with Gasteiger partial charge in [-0.1, -0.05) is 37.3 Å². The van der Waals surface area contributed by atoms with Gasteiger partial charge in [-0.2, -0.15) is 0 Å². The number of rotatable bonds is 8. The molecule has 5 nitrogen and oxygen atoms in total. The maximum Gasteiger partial charge on any atom is 0.238 e. The van der Waals surface area contributed by atoms with Crippen LogP contribution < -0.4 is 10.0 Å². The highest BCUT2D eigenvalue weighted by molar-refractivity contribution is 7.89. The molecule has 6 heteroatoms. The SMILES string of the molecule is CCC(O)CN(CCc1ccc(S(N)(=O)=O)cc1)c1ccccc1. The van der Waals surface area contributed by atoms with Gasteiger partial charge in [-0.05, 0) is 42.7 Å². The molecular weight excluding hydrogens is 324 g/mol. The number of aliphatic hydroxyl groups is 1. The van der Waals surface area contributed by atoms with Crippen molar-refractivity contribution >= 4 is 15.7 Å². The van der Waals surface area contributed by atoms with E-state index in [1.54, 1.807) is 12.1 Å². The Morgan fingerprint density at radius 3 is 2.25 bits per heavy atom. The summed E-state index contributed by atoms with van der Waals surface area (Å²) in [5.74, 6) is 0. The number of nitrogens with zero attached hydrogens (tertiary/aromatic N) is 1. The number of primary sulfonamides is 1. The van der Waals surface area contributed by atoms with Gasteiger partial charge in [0.1, 0.15) is 0 Å². The fraction of sp³-hybridized carbons (Fsp3) is 0.333. The molecule has 1 unspecified atom stereocenters. The lowest BCUT2D eigenvalue weighted by molar-refractivity contribution is 0.175. The zero-order valence-corrected chi connectivity index (χ0v) is 14.6. The van der Waals surface area contributed by atoms with Crippen LogP contribution in [0.25, 0.3) is 0 Å². The van der Waals surface area contributed by atoms with Gasteiger partial charge in [0.2, 0.25) is 10.0 Å². The summed E-state index contributed by atoms with van der Waals surface area (Å²) in [5, 5.41) is 15.1. The van der Waals surface area contributed by atoms with Crippen molar-refractivity contribution < 1.29 is 13.5 Å². The van der Waals surface area contributed by atoms with E-state index < -0.39 is 10.0 Å². The first-order chi connectivity index (χ1) is 11.4. The molecule has 0 heterocycles. The van der Waals surface area contributed by atoms with Crippen LogP contribution in [-0.4, -0.2) is 32.7 Å². The number of aliphatic hydroxyl groups excluding tert-OH is 1. The van der Waals surface area contributed by atoms with E-state index in [4.69, 9.17) is 5.14 Å². The van der Waals surface area contributed by atoms with Crippen molar-refractivity contribution in [2.75, 3.05) is 18.0 Å². The van der Waals surface area contributed by atoms with Crippen LogP contribution >= 0.6 is 0 Å². The first kappa shape index (κ1) is 18.4. The van der Waals surface area contributed by atoms with E-state index in [0.717, 1.165) is 24.2 Å². The zero-order chi connectivity index (χ0) is 17.6. The Kier molecular flexibility index (Phi) is 6.36. The van der Waals surface area contributed by atoms with Gasteiger partial charge in [0.05, 0.1) is 11.0 Å². The van der Waals surface area contributed by atoms with Crippen molar-refractivity contribution in [1.29, 1.82) is 0 Å². The second kappa shape index (κ2) is 8.28. The maximum absolute atomic E-state index is 11.3. The minimum atomic E-state index is -3.66. The Labute approximate surface area is 143 Å². The number of nitrogens with two attached hydrogens (primary N) is 1. The average Bonchev–Trinajstić information content (AvgIpc) is 2.58. The van der Waals surface area contributed by atoms with Crippen LogP contribution in [0.4, 0.5) is 5.69 Å². The zero-order valence-electron chi connectivity index (χ0n) is 13.8. The van der Waals surface area contributed by atoms with Crippen LogP contribution in [0.5, 0.6) is 0 Å². The summed E-state index contributed by atoms with van der Waals surface area (Å²) in [6.07, 6.45) is 1.07. The minimum Gasteiger partial charge on any atom is -0.391 e. The molecule has 0 spiro atoms. The minimum absolute atomic E-state index is 0.118. The van der Waals surface area contributed by atoms with E-state index in [-0.39, 0.29) is 11.0 Å². The smallest absolute Gasteiger partial charge is 0.238 e. The average molecular weight is 348 g/mol. The Hall–Kier alpha value is -1.89. The van der Waals surface area contributed by atoms with E-state index in [1.807, 2.05) is 37.3 Å². The summed E-state index contributed by atoms with van der Waals surface area (Å²) < 4.78 is 22.6. The summed E-state index contributed by atoms with van der Waals surface area (Å²) in [5.41, 5.74) is 2.08. The van der Waals surface area contributed by atoms with E-state index >= 15 is 0 Å². The molecule has 0 bridgehead atoms. The van der Waals surface area contributed by atoms with Crippen LogP contribution in [0.1, 0.15) is 18.9 Å². The topological polar surface area (TPSA) is 83.6 Å². The molecule has 2 aromatic rings. The van der Waals surface area contributed by atoms with Gasteiger partial charge in [-0.25, -0.2) is 13.6 Å². The molecule has 2 aromatic carbocycles. The van der Waals surface area contributed by atoms with Crippen molar-refractivity contribution in [3.05, 3.63) is 60.2 Å². The van der Waals surface area contributed by atoms with E-state index in [0.29, 0.717) is 13.0 Å². The second-order valence-electron chi connectivity index (χ2n) is 5.78. The molecule has 0 aliphatic heterocycles. The van der Waals surface area contributed by atoms with Gasteiger partial charge in [0.25, 0.3) is 0 Å². The monoisotopic (exact) mass is 348 g/mol. The molecule has 0 saturated carbocycles. The van der Waals surface area contributed by atoms with Crippen LogP contribution in [0.3, 0.4) is 0 Å². The maximum atomic E-state index is 11.3. The van der Waals surface area contributed by atoms with E-state index in [1.165, 1.54) is 12.1 Å². The quantitative estimate of drug-likeness (QED) is 0.766.